The Balaban J connectivity index is 2.43. The van der Waals surface area contributed by atoms with Crippen LogP contribution < -0.4 is 0 Å². The second kappa shape index (κ2) is 4.72. The van der Waals surface area contributed by atoms with E-state index in [-0.39, 0.29) is 5.69 Å². The Kier molecular flexibility index (Phi) is 3.12. The first-order valence-electron chi connectivity index (χ1n) is 4.67. The van der Waals surface area contributed by atoms with Crippen LogP contribution in [-0.2, 0) is 4.74 Å². The molecular weight excluding hydrogens is 238 g/mol. The van der Waals surface area contributed by atoms with Crippen LogP contribution in [-0.4, -0.2) is 21.8 Å². The number of benzene rings is 1. The van der Waals surface area contributed by atoms with Crippen LogP contribution in [0.3, 0.4) is 0 Å². The molecule has 0 amide bonds. The van der Waals surface area contributed by atoms with Gasteiger partial charge in [-0.1, -0.05) is 12.1 Å². The summed E-state index contributed by atoms with van der Waals surface area (Å²) in [5.74, 6) is -0.516. The normalized spacial score (nSPS) is 9.65. The van der Waals surface area contributed by atoms with Crippen molar-refractivity contribution in [2.24, 2.45) is 0 Å². The van der Waals surface area contributed by atoms with E-state index in [2.05, 4.69) is 13.5 Å². The Bertz CT molecular complexity index is 584. The maximum absolute atomic E-state index is 11.4. The fraction of sp³-hybridized carbons (Fsp3) is 0.0909. The second-order valence-electron chi connectivity index (χ2n) is 3.14. The topological polar surface area (TPSA) is 75.9 Å². The fourth-order valence-corrected chi connectivity index (χ4v) is 1.87. The number of rotatable bonds is 2. The minimum Gasteiger partial charge on any atom is -0.464 e. The molecule has 0 atom stereocenters. The summed E-state index contributed by atoms with van der Waals surface area (Å²) >= 11 is 0.949. The maximum atomic E-state index is 11.4. The van der Waals surface area contributed by atoms with E-state index in [1.807, 2.05) is 6.07 Å². The number of aromatic nitrogens is 2. The van der Waals surface area contributed by atoms with E-state index in [4.69, 9.17) is 5.26 Å². The predicted molar refractivity (Wildman–Crippen MR) is 61.4 cm³/mol. The van der Waals surface area contributed by atoms with Gasteiger partial charge < -0.3 is 4.74 Å². The smallest absolute Gasteiger partial charge is 0.360 e. The fourth-order valence-electron chi connectivity index (χ4n) is 1.31. The molecule has 0 saturated heterocycles. The largest absolute Gasteiger partial charge is 0.464 e. The van der Waals surface area contributed by atoms with Crippen LogP contribution in [0.5, 0.6) is 0 Å². The minimum atomic E-state index is -0.516. The number of esters is 1. The van der Waals surface area contributed by atoms with Crippen LogP contribution in [0, 0.1) is 11.3 Å². The van der Waals surface area contributed by atoms with Gasteiger partial charge in [-0.2, -0.15) is 14.0 Å². The molecule has 0 aliphatic heterocycles. The van der Waals surface area contributed by atoms with Gasteiger partial charge in [0.15, 0.2) is 5.69 Å². The standard InChI is InChI=1S/C11H7N3O2S/c1-16-11(15)10-9(13-17-14-10)8-4-2-7(6-12)3-5-8/h2-5H,1H3. The zero-order valence-corrected chi connectivity index (χ0v) is 9.69. The molecule has 0 N–H and O–H groups in total. The highest BCUT2D eigenvalue weighted by molar-refractivity contribution is 6.99. The van der Waals surface area contributed by atoms with Crippen molar-refractivity contribution in [3.8, 4) is 17.3 Å². The molecule has 1 heterocycles. The number of hydrogen-bond donors (Lipinski definition) is 0. The molecule has 6 heteroatoms. The summed E-state index contributed by atoms with van der Waals surface area (Å²) in [5.41, 5.74) is 1.96. The van der Waals surface area contributed by atoms with Crippen LogP contribution in [0.1, 0.15) is 16.1 Å². The molecule has 0 aliphatic carbocycles. The van der Waals surface area contributed by atoms with Crippen molar-refractivity contribution in [1.29, 1.82) is 5.26 Å². The third-order valence-corrected chi connectivity index (χ3v) is 2.68. The zero-order chi connectivity index (χ0) is 12.3. The Labute approximate surface area is 102 Å². The number of nitriles is 1. The lowest BCUT2D eigenvalue weighted by molar-refractivity contribution is 0.0596. The van der Waals surface area contributed by atoms with Gasteiger partial charge in [-0.15, -0.1) is 0 Å². The zero-order valence-electron chi connectivity index (χ0n) is 8.88. The maximum Gasteiger partial charge on any atom is 0.360 e. The summed E-state index contributed by atoms with van der Waals surface area (Å²) < 4.78 is 12.6. The Morgan fingerprint density at radius 3 is 2.65 bits per heavy atom. The molecule has 84 valence electrons. The molecule has 5 nitrogen and oxygen atoms in total. The predicted octanol–water partition coefficient (Wildman–Crippen LogP) is 1.86. The number of carbonyl (C=O) groups is 1. The molecule has 0 fully saturated rings. The summed E-state index contributed by atoms with van der Waals surface area (Å²) in [6.45, 7) is 0. The summed E-state index contributed by atoms with van der Waals surface area (Å²) in [7, 11) is 1.30. The summed E-state index contributed by atoms with van der Waals surface area (Å²) in [5, 5.41) is 8.69. The van der Waals surface area contributed by atoms with Crippen molar-refractivity contribution in [3.63, 3.8) is 0 Å². The molecule has 0 radical (unpaired) electrons. The molecule has 17 heavy (non-hydrogen) atoms. The Morgan fingerprint density at radius 1 is 1.35 bits per heavy atom. The van der Waals surface area contributed by atoms with E-state index in [1.54, 1.807) is 24.3 Å². The molecule has 2 aromatic rings. The van der Waals surface area contributed by atoms with Crippen LogP contribution in [0.4, 0.5) is 0 Å². The quantitative estimate of drug-likeness (QED) is 0.755. The molecule has 0 bridgehead atoms. The van der Waals surface area contributed by atoms with Crippen LogP contribution in [0.2, 0.25) is 0 Å². The molecule has 0 unspecified atom stereocenters. The van der Waals surface area contributed by atoms with Crippen molar-refractivity contribution in [3.05, 3.63) is 35.5 Å². The van der Waals surface area contributed by atoms with Gasteiger partial charge in [-0.3, -0.25) is 0 Å². The van der Waals surface area contributed by atoms with Gasteiger partial charge in [0.25, 0.3) is 0 Å². The summed E-state index contributed by atoms with van der Waals surface area (Å²) in [4.78, 5) is 11.4. The third-order valence-electron chi connectivity index (χ3n) is 2.15. The molecule has 0 aliphatic rings. The van der Waals surface area contributed by atoms with Crippen molar-refractivity contribution < 1.29 is 9.53 Å². The van der Waals surface area contributed by atoms with Gasteiger partial charge >= 0.3 is 5.97 Å². The van der Waals surface area contributed by atoms with E-state index in [1.165, 1.54) is 7.11 Å². The van der Waals surface area contributed by atoms with E-state index < -0.39 is 5.97 Å². The molecule has 0 saturated carbocycles. The first-order chi connectivity index (χ1) is 8.26. The molecule has 2 rings (SSSR count). The third kappa shape index (κ3) is 2.14. The molecule has 1 aromatic heterocycles. The van der Waals surface area contributed by atoms with E-state index in [9.17, 15) is 4.79 Å². The monoisotopic (exact) mass is 245 g/mol. The second-order valence-corrected chi connectivity index (χ2v) is 3.67. The van der Waals surface area contributed by atoms with Gasteiger partial charge in [0, 0.05) is 5.56 Å². The van der Waals surface area contributed by atoms with Gasteiger partial charge in [0.05, 0.1) is 30.5 Å². The number of nitrogens with zero attached hydrogens (tertiary/aromatic N) is 3. The number of methoxy groups -OCH3 is 1. The van der Waals surface area contributed by atoms with E-state index in [0.717, 1.165) is 17.3 Å². The van der Waals surface area contributed by atoms with Crippen LogP contribution in [0.15, 0.2) is 24.3 Å². The van der Waals surface area contributed by atoms with Crippen molar-refractivity contribution >= 4 is 17.7 Å². The van der Waals surface area contributed by atoms with Gasteiger partial charge in [-0.25, -0.2) is 4.79 Å². The summed E-state index contributed by atoms with van der Waals surface area (Å²) in [6.07, 6.45) is 0. The van der Waals surface area contributed by atoms with E-state index in [0.29, 0.717) is 11.3 Å². The molecule has 1 aromatic carbocycles. The first-order valence-corrected chi connectivity index (χ1v) is 5.40. The van der Waals surface area contributed by atoms with Crippen molar-refractivity contribution in [2.45, 2.75) is 0 Å². The SMILES string of the molecule is COC(=O)c1nsnc1-c1ccc(C#N)cc1. The lowest BCUT2D eigenvalue weighted by atomic mass is 10.1. The van der Waals surface area contributed by atoms with Crippen LogP contribution >= 0.6 is 11.7 Å². The van der Waals surface area contributed by atoms with Gasteiger partial charge in [-0.05, 0) is 12.1 Å². The van der Waals surface area contributed by atoms with Gasteiger partial charge in [0.1, 0.15) is 5.69 Å². The Morgan fingerprint density at radius 2 is 2.06 bits per heavy atom. The van der Waals surface area contributed by atoms with E-state index >= 15 is 0 Å². The highest BCUT2D eigenvalue weighted by Gasteiger charge is 2.18. The lowest BCUT2D eigenvalue weighted by Crippen LogP contribution is -2.03. The summed E-state index contributed by atoms with van der Waals surface area (Å²) in [6, 6.07) is 8.80. The average molecular weight is 245 g/mol. The number of ether oxygens (including phenoxy) is 1. The molecular formula is C11H7N3O2S. The highest BCUT2D eigenvalue weighted by Crippen LogP contribution is 2.22. The lowest BCUT2D eigenvalue weighted by Gasteiger charge is -1.99. The van der Waals surface area contributed by atoms with Crippen molar-refractivity contribution in [1.82, 2.24) is 8.75 Å². The van der Waals surface area contributed by atoms with Crippen LogP contribution in [0.25, 0.3) is 11.3 Å². The molecule has 0 spiro atoms. The first kappa shape index (κ1) is 11.2. The number of hydrogen-bond acceptors (Lipinski definition) is 6. The minimum absolute atomic E-state index is 0.196. The number of carbonyl (C=O) groups excluding carboxylic acids is 1. The van der Waals surface area contributed by atoms with Gasteiger partial charge in [0.2, 0.25) is 0 Å². The van der Waals surface area contributed by atoms with Crippen molar-refractivity contribution in [2.75, 3.05) is 7.11 Å². The average Bonchev–Trinajstić information content (AvgIpc) is 2.87. The Hall–Kier alpha value is -2.26. The highest BCUT2D eigenvalue weighted by atomic mass is 32.1.